The Bertz CT molecular complexity index is 997. The van der Waals surface area contributed by atoms with E-state index < -0.39 is 6.09 Å². The highest BCUT2D eigenvalue weighted by atomic mass is 16.5. The van der Waals surface area contributed by atoms with Crippen LogP contribution < -0.4 is 5.32 Å². The molecule has 0 saturated heterocycles. The number of carbonyl (C=O) groups is 1. The van der Waals surface area contributed by atoms with E-state index in [1.54, 1.807) is 12.5 Å². The van der Waals surface area contributed by atoms with Crippen LogP contribution in [0.1, 0.15) is 22.7 Å². The molecule has 0 saturated carbocycles. The number of aryl methyl sites for hydroxylation is 1. The monoisotopic (exact) mass is 357 g/mol. The topological polar surface area (TPSA) is 56.2 Å². The molecule has 0 aliphatic heterocycles. The number of rotatable bonds is 3. The van der Waals surface area contributed by atoms with Crippen molar-refractivity contribution in [2.24, 2.45) is 7.05 Å². The summed E-state index contributed by atoms with van der Waals surface area (Å²) < 4.78 is 7.29. The van der Waals surface area contributed by atoms with Crippen molar-refractivity contribution in [3.63, 3.8) is 0 Å². The standard InChI is InChI=1S/C22H19N3O2/c1-25-15-23-13-16(25)7-6-12-24-22(26)27-14-21-19-10-4-2-8-17(19)18-9-3-5-11-20(18)21/h2-5,8-11,13,15,21H,12,14H2,1H3,(H,24,26). The van der Waals surface area contributed by atoms with Gasteiger partial charge in [0.15, 0.2) is 0 Å². The highest BCUT2D eigenvalue weighted by Crippen LogP contribution is 2.44. The summed E-state index contributed by atoms with van der Waals surface area (Å²) in [5.41, 5.74) is 5.61. The largest absolute Gasteiger partial charge is 0.449 e. The molecule has 0 spiro atoms. The number of benzene rings is 2. The highest BCUT2D eigenvalue weighted by molar-refractivity contribution is 5.79. The highest BCUT2D eigenvalue weighted by Gasteiger charge is 2.28. The Balaban J connectivity index is 1.37. The van der Waals surface area contributed by atoms with Crippen molar-refractivity contribution in [3.8, 4) is 23.0 Å². The zero-order valence-corrected chi connectivity index (χ0v) is 15.0. The van der Waals surface area contributed by atoms with Gasteiger partial charge in [0.25, 0.3) is 0 Å². The summed E-state index contributed by atoms with van der Waals surface area (Å²) in [6.07, 6.45) is 2.90. The first-order chi connectivity index (χ1) is 13.2. The Morgan fingerprint density at radius 3 is 2.44 bits per heavy atom. The van der Waals surface area contributed by atoms with Crippen molar-refractivity contribution < 1.29 is 9.53 Å². The van der Waals surface area contributed by atoms with Gasteiger partial charge in [-0.2, -0.15) is 0 Å². The van der Waals surface area contributed by atoms with Crippen LogP contribution in [0.3, 0.4) is 0 Å². The van der Waals surface area contributed by atoms with Gasteiger partial charge in [-0.3, -0.25) is 0 Å². The maximum Gasteiger partial charge on any atom is 0.407 e. The maximum atomic E-state index is 12.0. The fourth-order valence-electron chi connectivity index (χ4n) is 3.38. The molecule has 0 unspecified atom stereocenters. The number of fused-ring (bicyclic) bond motifs is 3. The molecule has 134 valence electrons. The number of nitrogens with zero attached hydrogens (tertiary/aromatic N) is 2. The average molecular weight is 357 g/mol. The van der Waals surface area contributed by atoms with Crippen LogP contribution in [0.5, 0.6) is 0 Å². The van der Waals surface area contributed by atoms with E-state index in [1.165, 1.54) is 22.3 Å². The molecule has 2 aromatic carbocycles. The summed E-state index contributed by atoms with van der Waals surface area (Å²) in [6.45, 7) is 0.525. The molecule has 0 atom stereocenters. The summed E-state index contributed by atoms with van der Waals surface area (Å²) >= 11 is 0. The fourth-order valence-corrected chi connectivity index (χ4v) is 3.38. The van der Waals surface area contributed by atoms with Crippen LogP contribution in [0.25, 0.3) is 11.1 Å². The Morgan fingerprint density at radius 1 is 1.15 bits per heavy atom. The zero-order chi connectivity index (χ0) is 18.6. The number of nitrogens with one attached hydrogen (secondary N) is 1. The van der Waals surface area contributed by atoms with Crippen molar-refractivity contribution >= 4 is 6.09 Å². The van der Waals surface area contributed by atoms with Gasteiger partial charge >= 0.3 is 6.09 Å². The van der Waals surface area contributed by atoms with E-state index >= 15 is 0 Å². The fraction of sp³-hybridized carbons (Fsp3) is 0.182. The molecule has 4 rings (SSSR count). The van der Waals surface area contributed by atoms with Gasteiger partial charge in [-0.05, 0) is 28.2 Å². The van der Waals surface area contributed by atoms with Crippen LogP contribution in [0.2, 0.25) is 0 Å². The Hall–Kier alpha value is -3.52. The second-order valence-corrected chi connectivity index (χ2v) is 6.37. The van der Waals surface area contributed by atoms with Crippen LogP contribution in [-0.2, 0) is 11.8 Å². The second-order valence-electron chi connectivity index (χ2n) is 6.37. The number of amides is 1. The van der Waals surface area contributed by atoms with Crippen LogP contribution in [0, 0.1) is 11.8 Å². The molecular formula is C22H19N3O2. The van der Waals surface area contributed by atoms with Gasteiger partial charge in [0, 0.05) is 13.0 Å². The number of carbonyl (C=O) groups excluding carboxylic acids is 1. The minimum Gasteiger partial charge on any atom is -0.449 e. The Labute approximate surface area is 158 Å². The summed E-state index contributed by atoms with van der Waals surface area (Å²) in [7, 11) is 1.87. The molecule has 0 bridgehead atoms. The molecule has 1 aromatic heterocycles. The molecule has 0 radical (unpaired) electrons. The van der Waals surface area contributed by atoms with Gasteiger partial charge in [0.1, 0.15) is 12.3 Å². The Kier molecular flexibility index (Phi) is 4.63. The lowest BCUT2D eigenvalue weighted by Gasteiger charge is -2.14. The molecule has 3 aromatic rings. The number of hydrogen-bond donors (Lipinski definition) is 1. The quantitative estimate of drug-likeness (QED) is 0.732. The number of alkyl carbamates (subject to hydrolysis) is 1. The summed E-state index contributed by atoms with van der Waals surface area (Å²) in [5.74, 6) is 5.91. The average Bonchev–Trinajstić information content (AvgIpc) is 3.25. The van der Waals surface area contributed by atoms with E-state index in [2.05, 4.69) is 46.4 Å². The van der Waals surface area contributed by atoms with Gasteiger partial charge in [0.05, 0.1) is 19.1 Å². The maximum absolute atomic E-state index is 12.0. The molecule has 0 fully saturated rings. The molecule has 1 heterocycles. The predicted octanol–water partition coefficient (Wildman–Crippen LogP) is 3.31. The minimum absolute atomic E-state index is 0.0590. The first-order valence-corrected chi connectivity index (χ1v) is 8.78. The van der Waals surface area contributed by atoms with Crippen LogP contribution in [0.4, 0.5) is 4.79 Å². The first-order valence-electron chi connectivity index (χ1n) is 8.78. The normalized spacial score (nSPS) is 11.9. The van der Waals surface area contributed by atoms with Gasteiger partial charge in [-0.1, -0.05) is 54.5 Å². The minimum atomic E-state index is -0.462. The molecule has 1 aliphatic carbocycles. The zero-order valence-electron chi connectivity index (χ0n) is 15.0. The van der Waals surface area contributed by atoms with Gasteiger partial charge < -0.3 is 14.6 Å². The molecule has 1 aliphatic rings. The third-order valence-electron chi connectivity index (χ3n) is 4.70. The summed E-state index contributed by atoms with van der Waals surface area (Å²) in [4.78, 5) is 16.0. The van der Waals surface area contributed by atoms with Crippen LogP contribution in [0.15, 0.2) is 61.1 Å². The van der Waals surface area contributed by atoms with E-state index in [4.69, 9.17) is 4.74 Å². The SMILES string of the molecule is Cn1cncc1C#CCNC(=O)OCC1c2ccccc2-c2ccccc21. The van der Waals surface area contributed by atoms with Crippen molar-refractivity contribution in [1.29, 1.82) is 0 Å². The number of aromatic nitrogens is 2. The van der Waals surface area contributed by atoms with Crippen molar-refractivity contribution in [3.05, 3.63) is 77.9 Å². The van der Waals surface area contributed by atoms with E-state index in [0.717, 1.165) is 5.69 Å². The van der Waals surface area contributed by atoms with Gasteiger partial charge in [0.2, 0.25) is 0 Å². The van der Waals surface area contributed by atoms with Crippen molar-refractivity contribution in [2.75, 3.05) is 13.2 Å². The third-order valence-corrected chi connectivity index (χ3v) is 4.70. The molecule has 5 heteroatoms. The molecule has 1 amide bonds. The predicted molar refractivity (Wildman–Crippen MR) is 103 cm³/mol. The van der Waals surface area contributed by atoms with E-state index in [0.29, 0.717) is 6.61 Å². The summed E-state index contributed by atoms with van der Waals surface area (Å²) in [6, 6.07) is 16.5. The lowest BCUT2D eigenvalue weighted by Crippen LogP contribution is -2.26. The van der Waals surface area contributed by atoms with E-state index in [-0.39, 0.29) is 12.5 Å². The van der Waals surface area contributed by atoms with Gasteiger partial charge in [-0.15, -0.1) is 0 Å². The first kappa shape index (κ1) is 16.9. The second kappa shape index (κ2) is 7.38. The number of ether oxygens (including phenoxy) is 1. The Morgan fingerprint density at radius 2 is 1.81 bits per heavy atom. The van der Waals surface area contributed by atoms with Crippen molar-refractivity contribution in [1.82, 2.24) is 14.9 Å². The van der Waals surface area contributed by atoms with Crippen molar-refractivity contribution in [2.45, 2.75) is 5.92 Å². The molecule has 5 nitrogen and oxygen atoms in total. The summed E-state index contributed by atoms with van der Waals surface area (Å²) in [5, 5.41) is 2.67. The van der Waals surface area contributed by atoms with E-state index in [9.17, 15) is 4.79 Å². The van der Waals surface area contributed by atoms with Crippen LogP contribution in [-0.4, -0.2) is 28.8 Å². The molecule has 27 heavy (non-hydrogen) atoms. The van der Waals surface area contributed by atoms with Crippen LogP contribution >= 0.6 is 0 Å². The van der Waals surface area contributed by atoms with Gasteiger partial charge in [-0.25, -0.2) is 9.78 Å². The molecule has 1 N–H and O–H groups in total. The number of imidazole rings is 1. The lowest BCUT2D eigenvalue weighted by atomic mass is 9.98. The van der Waals surface area contributed by atoms with E-state index in [1.807, 2.05) is 35.9 Å². The smallest absolute Gasteiger partial charge is 0.407 e. The lowest BCUT2D eigenvalue weighted by molar-refractivity contribution is 0.144. The third kappa shape index (κ3) is 3.42. The number of hydrogen-bond acceptors (Lipinski definition) is 3. The molecular weight excluding hydrogens is 338 g/mol.